The fraction of sp³-hybridized carbons (Fsp3) is 0.286. The molecule has 1 heterocycles. The summed E-state index contributed by atoms with van der Waals surface area (Å²) in [4.78, 5) is 24.5. The highest BCUT2D eigenvalue weighted by atomic mass is 32.1. The molecule has 0 fully saturated rings. The van der Waals surface area contributed by atoms with Gasteiger partial charge < -0.3 is 5.32 Å². The number of carbonyl (C=O) groups excluding carboxylic acids is 1. The first kappa shape index (κ1) is 15.9. The summed E-state index contributed by atoms with van der Waals surface area (Å²) in [6.45, 7) is 4.71. The quantitative estimate of drug-likeness (QED) is 0.565. The van der Waals surface area contributed by atoms with E-state index in [4.69, 9.17) is 12.2 Å². The summed E-state index contributed by atoms with van der Waals surface area (Å²) in [6, 6.07) is 6.89. The average molecular weight is 319 g/mol. The number of benzene rings is 1. The number of hydrogen-bond donors (Lipinski definition) is 3. The fourth-order valence-electron chi connectivity index (χ4n) is 1.99. The molecule has 1 aromatic heterocycles. The molecule has 8 heteroatoms. The lowest BCUT2D eigenvalue weighted by Gasteiger charge is -2.12. The molecule has 0 aliphatic carbocycles. The Bertz CT molecular complexity index is 771. The van der Waals surface area contributed by atoms with Crippen LogP contribution in [0.15, 0.2) is 29.1 Å². The van der Waals surface area contributed by atoms with Crippen LogP contribution in [0.1, 0.15) is 24.3 Å². The van der Waals surface area contributed by atoms with Gasteiger partial charge in [-0.25, -0.2) is 4.68 Å². The Morgan fingerprint density at radius 1 is 1.23 bits per heavy atom. The second-order valence-electron chi connectivity index (χ2n) is 4.45. The Morgan fingerprint density at radius 3 is 2.55 bits per heavy atom. The van der Waals surface area contributed by atoms with E-state index in [2.05, 4.69) is 21.3 Å². The van der Waals surface area contributed by atoms with Crippen molar-refractivity contribution in [1.29, 1.82) is 0 Å². The Balaban J connectivity index is 2.38. The summed E-state index contributed by atoms with van der Waals surface area (Å²) in [6.07, 6.45) is 0. The maximum atomic E-state index is 12.3. The predicted octanol–water partition coefficient (Wildman–Crippen LogP) is 0.545. The molecular formula is C14H17N5O2S. The number of fused-ring (bicyclic) bond motifs is 1. The van der Waals surface area contributed by atoms with E-state index in [0.29, 0.717) is 29.0 Å². The molecule has 3 N–H and O–H groups in total. The fourth-order valence-corrected chi connectivity index (χ4v) is 2.19. The second kappa shape index (κ2) is 6.99. The van der Waals surface area contributed by atoms with Gasteiger partial charge in [0.25, 0.3) is 11.5 Å². The highest BCUT2D eigenvalue weighted by molar-refractivity contribution is 7.80. The lowest BCUT2D eigenvalue weighted by atomic mass is 10.1. The van der Waals surface area contributed by atoms with Gasteiger partial charge in [0.15, 0.2) is 10.8 Å². The summed E-state index contributed by atoms with van der Waals surface area (Å²) in [5.41, 5.74) is 5.02. The van der Waals surface area contributed by atoms with Crippen LogP contribution in [0.2, 0.25) is 0 Å². The Hall–Kier alpha value is -2.48. The van der Waals surface area contributed by atoms with Crippen molar-refractivity contribution in [3.63, 3.8) is 0 Å². The van der Waals surface area contributed by atoms with Gasteiger partial charge in [-0.1, -0.05) is 18.2 Å². The van der Waals surface area contributed by atoms with Gasteiger partial charge in [0.1, 0.15) is 0 Å². The molecule has 0 atom stereocenters. The van der Waals surface area contributed by atoms with Crippen molar-refractivity contribution in [2.45, 2.75) is 20.4 Å². The zero-order valence-electron chi connectivity index (χ0n) is 12.3. The minimum Gasteiger partial charge on any atom is -0.362 e. The number of nitrogens with zero attached hydrogens (tertiary/aromatic N) is 2. The number of aromatic nitrogens is 2. The van der Waals surface area contributed by atoms with Gasteiger partial charge in [0.2, 0.25) is 0 Å². The van der Waals surface area contributed by atoms with E-state index in [1.54, 1.807) is 31.2 Å². The minimum atomic E-state index is -0.460. The van der Waals surface area contributed by atoms with Gasteiger partial charge >= 0.3 is 0 Å². The maximum absolute atomic E-state index is 12.3. The molecule has 0 spiro atoms. The molecule has 2 aromatic rings. The van der Waals surface area contributed by atoms with Crippen molar-refractivity contribution < 1.29 is 4.79 Å². The van der Waals surface area contributed by atoms with Crippen molar-refractivity contribution in [3.05, 3.63) is 40.3 Å². The first-order valence-corrected chi connectivity index (χ1v) is 7.33. The number of aryl methyl sites for hydroxylation is 1. The molecule has 0 saturated carbocycles. The molecule has 1 aromatic carbocycles. The minimum absolute atomic E-state index is 0.170. The van der Waals surface area contributed by atoms with Gasteiger partial charge in [0.05, 0.1) is 5.39 Å². The molecule has 0 radical (unpaired) electrons. The Morgan fingerprint density at radius 2 is 1.91 bits per heavy atom. The summed E-state index contributed by atoms with van der Waals surface area (Å²) in [5, 5.41) is 8.25. The molecule has 22 heavy (non-hydrogen) atoms. The third-order valence-electron chi connectivity index (χ3n) is 3.01. The number of thiocarbonyl (C=S) groups is 1. The van der Waals surface area contributed by atoms with E-state index in [1.807, 2.05) is 6.92 Å². The number of rotatable bonds is 3. The van der Waals surface area contributed by atoms with Crippen molar-refractivity contribution >= 4 is 34.0 Å². The highest BCUT2D eigenvalue weighted by Crippen LogP contribution is 2.12. The maximum Gasteiger partial charge on any atom is 0.290 e. The van der Waals surface area contributed by atoms with Crippen LogP contribution in [-0.4, -0.2) is 27.3 Å². The summed E-state index contributed by atoms with van der Waals surface area (Å²) < 4.78 is 1.26. The Kier molecular flexibility index (Phi) is 5.05. The van der Waals surface area contributed by atoms with E-state index in [0.717, 1.165) is 0 Å². The van der Waals surface area contributed by atoms with Gasteiger partial charge in [-0.15, -0.1) is 0 Å². The van der Waals surface area contributed by atoms with Crippen LogP contribution in [0.25, 0.3) is 10.8 Å². The van der Waals surface area contributed by atoms with Gasteiger partial charge in [-0.2, -0.15) is 5.10 Å². The molecular weight excluding hydrogens is 302 g/mol. The van der Waals surface area contributed by atoms with E-state index in [9.17, 15) is 9.59 Å². The van der Waals surface area contributed by atoms with Crippen LogP contribution in [0.4, 0.5) is 0 Å². The standard InChI is InChI=1S/C14H17N5O2S/c1-3-15-14(22)17-16-12(20)11-9-7-5-6-8-10(9)13(21)19(4-2)18-11/h5-8H,3-4H2,1-2H3,(H,16,20)(H2,15,17,22). The molecule has 116 valence electrons. The molecule has 2 rings (SSSR count). The van der Waals surface area contributed by atoms with Crippen molar-refractivity contribution in [2.75, 3.05) is 6.54 Å². The van der Waals surface area contributed by atoms with Gasteiger partial charge in [0, 0.05) is 18.5 Å². The van der Waals surface area contributed by atoms with E-state index >= 15 is 0 Å². The molecule has 0 bridgehead atoms. The van der Waals surface area contributed by atoms with E-state index < -0.39 is 5.91 Å². The van der Waals surface area contributed by atoms with Crippen LogP contribution >= 0.6 is 12.2 Å². The first-order valence-electron chi connectivity index (χ1n) is 6.92. The predicted molar refractivity (Wildman–Crippen MR) is 88.6 cm³/mol. The summed E-state index contributed by atoms with van der Waals surface area (Å²) in [7, 11) is 0. The van der Waals surface area contributed by atoms with E-state index in [1.165, 1.54) is 4.68 Å². The van der Waals surface area contributed by atoms with Crippen LogP contribution < -0.4 is 21.7 Å². The highest BCUT2D eigenvalue weighted by Gasteiger charge is 2.16. The smallest absolute Gasteiger partial charge is 0.290 e. The third-order valence-corrected chi connectivity index (χ3v) is 3.26. The normalized spacial score (nSPS) is 10.3. The summed E-state index contributed by atoms with van der Waals surface area (Å²) >= 11 is 4.97. The van der Waals surface area contributed by atoms with Crippen molar-refractivity contribution in [3.8, 4) is 0 Å². The van der Waals surface area contributed by atoms with Crippen LogP contribution in [0, 0.1) is 0 Å². The topological polar surface area (TPSA) is 88.0 Å². The first-order chi connectivity index (χ1) is 10.6. The molecule has 0 unspecified atom stereocenters. The number of nitrogens with one attached hydrogen (secondary N) is 3. The average Bonchev–Trinajstić information content (AvgIpc) is 2.53. The van der Waals surface area contributed by atoms with E-state index in [-0.39, 0.29) is 11.3 Å². The van der Waals surface area contributed by atoms with Crippen LogP contribution in [0.5, 0.6) is 0 Å². The monoisotopic (exact) mass is 319 g/mol. The molecule has 0 aliphatic heterocycles. The molecule has 1 amide bonds. The SMILES string of the molecule is CCNC(=S)NNC(=O)c1nn(CC)c(=O)c2ccccc12. The van der Waals surface area contributed by atoms with Crippen molar-refractivity contribution in [1.82, 2.24) is 25.9 Å². The van der Waals surface area contributed by atoms with Gasteiger partial charge in [-0.3, -0.25) is 20.4 Å². The number of hydrazine groups is 1. The molecule has 0 saturated heterocycles. The largest absolute Gasteiger partial charge is 0.362 e. The third kappa shape index (κ3) is 3.22. The summed E-state index contributed by atoms with van der Waals surface area (Å²) in [5.74, 6) is -0.460. The number of amides is 1. The number of carbonyl (C=O) groups is 1. The lowest BCUT2D eigenvalue weighted by Crippen LogP contribution is -2.47. The van der Waals surface area contributed by atoms with Crippen molar-refractivity contribution in [2.24, 2.45) is 0 Å². The van der Waals surface area contributed by atoms with Gasteiger partial charge in [-0.05, 0) is 32.1 Å². The zero-order valence-corrected chi connectivity index (χ0v) is 13.2. The van der Waals surface area contributed by atoms with Crippen LogP contribution in [-0.2, 0) is 6.54 Å². The lowest BCUT2D eigenvalue weighted by molar-refractivity contribution is 0.0938. The van der Waals surface area contributed by atoms with Crippen LogP contribution in [0.3, 0.4) is 0 Å². The molecule has 0 aliphatic rings. The second-order valence-corrected chi connectivity index (χ2v) is 4.86. The zero-order chi connectivity index (χ0) is 16.1. The Labute approximate surface area is 132 Å². The number of hydrogen-bond acceptors (Lipinski definition) is 4. The molecule has 7 nitrogen and oxygen atoms in total.